The average Bonchev–Trinajstić information content (AvgIpc) is 2.65. The predicted molar refractivity (Wildman–Crippen MR) is 69.5 cm³/mol. The van der Waals surface area contributed by atoms with E-state index in [2.05, 4.69) is 39.0 Å². The fourth-order valence-corrected chi connectivity index (χ4v) is 2.87. The molecule has 0 radical (unpaired) electrons. The molecule has 0 bridgehead atoms. The van der Waals surface area contributed by atoms with Crippen LogP contribution >= 0.6 is 27.3 Å². The average molecular weight is 302 g/mol. The van der Waals surface area contributed by atoms with E-state index >= 15 is 0 Å². The lowest BCUT2D eigenvalue weighted by atomic mass is 10.4. The Balaban J connectivity index is 2.88. The van der Waals surface area contributed by atoms with Crippen LogP contribution in [-0.4, -0.2) is 24.5 Å². The van der Waals surface area contributed by atoms with Gasteiger partial charge in [-0.3, -0.25) is 0 Å². The number of anilines is 1. The molecule has 0 spiro atoms. The lowest BCUT2D eigenvalue weighted by Gasteiger charge is -2.19. The highest BCUT2D eigenvalue weighted by molar-refractivity contribution is 9.10. The van der Waals surface area contributed by atoms with Crippen LogP contribution in [0.4, 0.5) is 5.00 Å². The Morgan fingerprint density at radius 3 is 3.00 bits per heavy atom. The smallest absolute Gasteiger partial charge is 0.121 e. The van der Waals surface area contributed by atoms with Crippen molar-refractivity contribution >= 4 is 38.5 Å². The summed E-state index contributed by atoms with van der Waals surface area (Å²) in [7, 11) is 0. The maximum absolute atomic E-state index is 8.87. The van der Waals surface area contributed by atoms with Crippen LogP contribution in [0.15, 0.2) is 15.7 Å². The second-order valence-corrected chi connectivity index (χ2v) is 5.00. The first kappa shape index (κ1) is 13.0. The Bertz CT molecular complexity index is 411. The van der Waals surface area contributed by atoms with Gasteiger partial charge in [-0.1, -0.05) is 6.92 Å². The molecule has 86 valence electrons. The SMILES string of the molecule is CCCN(CC=NO)c1cc(Br)c(C#N)s1. The molecule has 1 aromatic heterocycles. The maximum Gasteiger partial charge on any atom is 0.121 e. The van der Waals surface area contributed by atoms with Crippen LogP contribution in [0, 0.1) is 11.3 Å². The molecule has 0 amide bonds. The van der Waals surface area contributed by atoms with Crippen molar-refractivity contribution in [1.29, 1.82) is 5.26 Å². The van der Waals surface area contributed by atoms with Crippen LogP contribution in [0.5, 0.6) is 0 Å². The number of halogens is 1. The van der Waals surface area contributed by atoms with Gasteiger partial charge in [0.1, 0.15) is 10.9 Å². The van der Waals surface area contributed by atoms with Gasteiger partial charge in [0.2, 0.25) is 0 Å². The first-order valence-electron chi connectivity index (χ1n) is 4.83. The molecule has 16 heavy (non-hydrogen) atoms. The summed E-state index contributed by atoms with van der Waals surface area (Å²) < 4.78 is 0.817. The number of hydrogen-bond donors (Lipinski definition) is 1. The Labute approximate surface area is 107 Å². The van der Waals surface area contributed by atoms with Gasteiger partial charge in [-0.15, -0.1) is 16.5 Å². The number of oxime groups is 1. The highest BCUT2D eigenvalue weighted by Crippen LogP contribution is 2.33. The van der Waals surface area contributed by atoms with E-state index in [0.717, 1.165) is 22.4 Å². The van der Waals surface area contributed by atoms with Crippen LogP contribution in [0.1, 0.15) is 18.2 Å². The van der Waals surface area contributed by atoms with Crippen molar-refractivity contribution in [3.63, 3.8) is 0 Å². The molecular weight excluding hydrogens is 290 g/mol. The van der Waals surface area contributed by atoms with E-state index in [4.69, 9.17) is 10.5 Å². The summed E-state index contributed by atoms with van der Waals surface area (Å²) in [6.45, 7) is 3.49. The van der Waals surface area contributed by atoms with E-state index in [0.29, 0.717) is 11.4 Å². The molecule has 0 fully saturated rings. The summed E-state index contributed by atoms with van der Waals surface area (Å²) in [6.07, 6.45) is 2.44. The standard InChI is InChI=1S/C10H12BrN3OS/c1-2-4-14(5-3-13-15)10-6-8(11)9(7-12)16-10/h3,6,15H,2,4-5H2,1H3. The lowest BCUT2D eigenvalue weighted by Crippen LogP contribution is -2.25. The molecule has 0 saturated carbocycles. The summed E-state index contributed by atoms with van der Waals surface area (Å²) in [5, 5.41) is 21.3. The number of nitriles is 1. The van der Waals surface area contributed by atoms with Crippen molar-refractivity contribution in [2.24, 2.45) is 5.16 Å². The predicted octanol–water partition coefficient (Wildman–Crippen LogP) is 3.06. The largest absolute Gasteiger partial charge is 0.411 e. The van der Waals surface area contributed by atoms with Crippen LogP contribution < -0.4 is 4.90 Å². The second kappa shape index (κ2) is 6.51. The molecule has 0 aliphatic rings. The van der Waals surface area contributed by atoms with E-state index in [1.807, 2.05) is 6.07 Å². The zero-order valence-electron chi connectivity index (χ0n) is 8.85. The van der Waals surface area contributed by atoms with Crippen LogP contribution in [0.3, 0.4) is 0 Å². The summed E-state index contributed by atoms with van der Waals surface area (Å²) in [5.74, 6) is 0. The van der Waals surface area contributed by atoms with Crippen molar-refractivity contribution in [3.05, 3.63) is 15.4 Å². The third-order valence-corrected chi connectivity index (χ3v) is 3.95. The van der Waals surface area contributed by atoms with Gasteiger partial charge >= 0.3 is 0 Å². The second-order valence-electron chi connectivity index (χ2n) is 3.12. The van der Waals surface area contributed by atoms with Gasteiger partial charge in [0, 0.05) is 11.0 Å². The van der Waals surface area contributed by atoms with Gasteiger partial charge in [0.15, 0.2) is 0 Å². The Morgan fingerprint density at radius 1 is 1.75 bits per heavy atom. The molecule has 0 unspecified atom stereocenters. The maximum atomic E-state index is 8.87. The topological polar surface area (TPSA) is 59.6 Å². The summed E-state index contributed by atoms with van der Waals surface area (Å²) in [5.41, 5.74) is 0. The lowest BCUT2D eigenvalue weighted by molar-refractivity contribution is 0.321. The minimum absolute atomic E-state index is 0.544. The molecule has 6 heteroatoms. The zero-order valence-corrected chi connectivity index (χ0v) is 11.3. The third-order valence-electron chi connectivity index (χ3n) is 1.96. The van der Waals surface area contributed by atoms with Crippen LogP contribution in [0.2, 0.25) is 0 Å². The highest BCUT2D eigenvalue weighted by Gasteiger charge is 2.11. The quantitative estimate of drug-likeness (QED) is 0.516. The molecule has 0 aromatic carbocycles. The molecular formula is C10H12BrN3OS. The zero-order chi connectivity index (χ0) is 12.0. The molecule has 0 aliphatic heterocycles. The summed E-state index contributed by atoms with van der Waals surface area (Å²) >= 11 is 4.78. The van der Waals surface area contributed by atoms with Gasteiger partial charge in [-0.2, -0.15) is 5.26 Å². The molecule has 1 N–H and O–H groups in total. The van der Waals surface area contributed by atoms with Crippen molar-refractivity contribution in [3.8, 4) is 6.07 Å². The molecule has 0 atom stereocenters. The third kappa shape index (κ3) is 3.22. The van der Waals surface area contributed by atoms with E-state index in [9.17, 15) is 0 Å². The normalized spacial score (nSPS) is 10.6. The van der Waals surface area contributed by atoms with Gasteiger partial charge in [0.25, 0.3) is 0 Å². The van der Waals surface area contributed by atoms with Crippen LogP contribution in [-0.2, 0) is 0 Å². The fourth-order valence-electron chi connectivity index (χ4n) is 1.29. The van der Waals surface area contributed by atoms with E-state index in [1.165, 1.54) is 17.6 Å². The minimum Gasteiger partial charge on any atom is -0.411 e. The summed E-state index contributed by atoms with van der Waals surface area (Å²) in [4.78, 5) is 2.73. The van der Waals surface area contributed by atoms with E-state index < -0.39 is 0 Å². The van der Waals surface area contributed by atoms with Gasteiger partial charge in [-0.05, 0) is 28.4 Å². The monoisotopic (exact) mass is 301 g/mol. The summed E-state index contributed by atoms with van der Waals surface area (Å²) in [6, 6.07) is 4.05. The Morgan fingerprint density at radius 2 is 2.50 bits per heavy atom. The molecule has 1 heterocycles. The Kier molecular flexibility index (Phi) is 5.29. The van der Waals surface area contributed by atoms with Crippen molar-refractivity contribution in [1.82, 2.24) is 0 Å². The first-order chi connectivity index (χ1) is 7.72. The fraction of sp³-hybridized carbons (Fsp3) is 0.400. The molecule has 0 aliphatic carbocycles. The van der Waals surface area contributed by atoms with E-state index in [-0.39, 0.29) is 0 Å². The number of nitrogens with zero attached hydrogens (tertiary/aromatic N) is 3. The highest BCUT2D eigenvalue weighted by atomic mass is 79.9. The van der Waals surface area contributed by atoms with E-state index in [1.54, 1.807) is 0 Å². The number of thiophene rings is 1. The molecule has 1 aromatic rings. The van der Waals surface area contributed by atoms with Crippen molar-refractivity contribution in [2.75, 3.05) is 18.0 Å². The van der Waals surface area contributed by atoms with Gasteiger partial charge < -0.3 is 10.1 Å². The number of hydrogen-bond acceptors (Lipinski definition) is 5. The van der Waals surface area contributed by atoms with Crippen LogP contribution in [0.25, 0.3) is 0 Å². The molecule has 4 nitrogen and oxygen atoms in total. The Hall–Kier alpha value is -1.06. The molecule has 0 saturated heterocycles. The van der Waals surface area contributed by atoms with Gasteiger partial charge in [0.05, 0.1) is 17.8 Å². The first-order valence-corrected chi connectivity index (χ1v) is 6.44. The van der Waals surface area contributed by atoms with Gasteiger partial charge in [-0.25, -0.2) is 0 Å². The molecule has 1 rings (SSSR count). The minimum atomic E-state index is 0.544. The van der Waals surface area contributed by atoms with Crippen molar-refractivity contribution in [2.45, 2.75) is 13.3 Å². The number of rotatable bonds is 5. The van der Waals surface area contributed by atoms with Crippen molar-refractivity contribution < 1.29 is 5.21 Å².